The van der Waals surface area contributed by atoms with Gasteiger partial charge >= 0.3 is 6.18 Å². The molecule has 3 N–H and O–H groups in total. The lowest BCUT2D eigenvalue weighted by atomic mass is 9.98. The number of piperidine rings is 1. The molecule has 0 radical (unpaired) electrons. The van der Waals surface area contributed by atoms with Crippen molar-refractivity contribution in [2.24, 2.45) is 11.8 Å². The van der Waals surface area contributed by atoms with Gasteiger partial charge in [-0.05, 0) is 18.9 Å². The summed E-state index contributed by atoms with van der Waals surface area (Å²) >= 11 is 0. The van der Waals surface area contributed by atoms with E-state index in [1.165, 1.54) is 18.3 Å². The van der Waals surface area contributed by atoms with Crippen molar-refractivity contribution in [1.29, 1.82) is 0 Å². The molecule has 2 heterocycles. The van der Waals surface area contributed by atoms with Crippen LogP contribution < -0.4 is 11.3 Å². The maximum atomic E-state index is 12.6. The molecule has 0 bridgehead atoms. The third-order valence-corrected chi connectivity index (χ3v) is 5.33. The van der Waals surface area contributed by atoms with Crippen molar-refractivity contribution in [3.8, 4) is 0 Å². The van der Waals surface area contributed by atoms with E-state index < -0.39 is 22.1 Å². The number of nitrogen functional groups attached to an aromatic ring is 1. The lowest BCUT2D eigenvalue weighted by Crippen LogP contribution is -2.42. The zero-order chi connectivity index (χ0) is 15.7. The quantitative estimate of drug-likeness (QED) is 0.647. The van der Waals surface area contributed by atoms with E-state index in [1.54, 1.807) is 0 Å². The van der Waals surface area contributed by atoms with Gasteiger partial charge in [0.25, 0.3) is 0 Å². The summed E-state index contributed by atoms with van der Waals surface area (Å²) in [7, 11) is -3.83. The van der Waals surface area contributed by atoms with Crippen LogP contribution in [0.25, 0.3) is 0 Å². The highest BCUT2D eigenvalue weighted by Crippen LogP contribution is 2.35. The number of pyridine rings is 1. The number of halogens is 3. The first-order valence-electron chi connectivity index (χ1n) is 6.24. The summed E-state index contributed by atoms with van der Waals surface area (Å²) in [4.78, 5) is 3.75. The smallest absolute Gasteiger partial charge is 0.308 e. The van der Waals surface area contributed by atoms with E-state index in [0.29, 0.717) is 0 Å². The Kier molecular flexibility index (Phi) is 4.40. The van der Waals surface area contributed by atoms with Gasteiger partial charge in [0.1, 0.15) is 5.82 Å². The summed E-state index contributed by atoms with van der Waals surface area (Å²) in [5.74, 6) is 3.89. The zero-order valence-electron chi connectivity index (χ0n) is 11.0. The molecule has 21 heavy (non-hydrogen) atoms. The van der Waals surface area contributed by atoms with Crippen LogP contribution in [0.5, 0.6) is 0 Å². The molecule has 1 aliphatic rings. The first-order valence-corrected chi connectivity index (χ1v) is 7.68. The van der Waals surface area contributed by atoms with Gasteiger partial charge in [-0.15, -0.1) is 0 Å². The van der Waals surface area contributed by atoms with Gasteiger partial charge in [0.05, 0.1) is 10.8 Å². The van der Waals surface area contributed by atoms with E-state index in [2.05, 4.69) is 10.4 Å². The van der Waals surface area contributed by atoms with Gasteiger partial charge < -0.3 is 5.43 Å². The predicted octanol–water partition coefficient (Wildman–Crippen LogP) is 1.33. The van der Waals surface area contributed by atoms with E-state index in [0.717, 1.165) is 4.31 Å². The summed E-state index contributed by atoms with van der Waals surface area (Å²) in [6.07, 6.45) is -3.46. The minimum atomic E-state index is -4.27. The monoisotopic (exact) mass is 324 g/mol. The third kappa shape index (κ3) is 3.44. The standard InChI is InChI=1S/C11H15F3N4O2S/c12-11(13,14)8-2-5-18(6-3-8)21(19,20)9-1-4-16-10(7-9)17-15/h1,4,7-8H,2-3,5-6,15H2,(H,16,17). The maximum Gasteiger partial charge on any atom is 0.391 e. The van der Waals surface area contributed by atoms with Crippen molar-refractivity contribution < 1.29 is 21.6 Å². The number of alkyl halides is 3. The fourth-order valence-corrected chi connectivity index (χ4v) is 3.71. The van der Waals surface area contributed by atoms with E-state index in [-0.39, 0.29) is 36.6 Å². The molecule has 1 aliphatic heterocycles. The molecule has 118 valence electrons. The second-order valence-corrected chi connectivity index (χ2v) is 6.68. The Morgan fingerprint density at radius 1 is 1.33 bits per heavy atom. The van der Waals surface area contributed by atoms with Crippen LogP contribution in [0.1, 0.15) is 12.8 Å². The molecule has 0 aromatic carbocycles. The number of aromatic nitrogens is 1. The predicted molar refractivity (Wildman–Crippen MR) is 69.6 cm³/mol. The number of hydrazine groups is 1. The molecular weight excluding hydrogens is 309 g/mol. The molecule has 1 fully saturated rings. The summed E-state index contributed by atoms with van der Waals surface area (Å²) < 4.78 is 63.5. The van der Waals surface area contributed by atoms with Crippen LogP contribution >= 0.6 is 0 Å². The Morgan fingerprint density at radius 3 is 2.48 bits per heavy atom. The maximum absolute atomic E-state index is 12.6. The van der Waals surface area contributed by atoms with E-state index in [4.69, 9.17) is 5.84 Å². The second kappa shape index (κ2) is 5.78. The Bertz CT molecular complexity index is 598. The summed E-state index contributed by atoms with van der Waals surface area (Å²) in [5, 5.41) is 0. The Hall–Kier alpha value is -1.39. The van der Waals surface area contributed by atoms with Gasteiger partial charge in [-0.25, -0.2) is 19.2 Å². The number of hydrogen-bond acceptors (Lipinski definition) is 5. The van der Waals surface area contributed by atoms with Crippen LogP contribution in [-0.2, 0) is 10.0 Å². The topological polar surface area (TPSA) is 88.3 Å². The number of hydrogen-bond donors (Lipinski definition) is 2. The summed E-state index contributed by atoms with van der Waals surface area (Å²) in [6, 6.07) is 2.53. The van der Waals surface area contributed by atoms with Crippen molar-refractivity contribution in [3.05, 3.63) is 18.3 Å². The number of nitrogens with zero attached hydrogens (tertiary/aromatic N) is 2. The normalized spacial score (nSPS) is 18.7. The van der Waals surface area contributed by atoms with Gasteiger partial charge in [-0.3, -0.25) is 0 Å². The van der Waals surface area contributed by atoms with E-state index >= 15 is 0 Å². The van der Waals surface area contributed by atoms with E-state index in [9.17, 15) is 21.6 Å². The molecule has 0 aliphatic carbocycles. The van der Waals surface area contributed by atoms with Crippen molar-refractivity contribution in [2.45, 2.75) is 23.9 Å². The minimum Gasteiger partial charge on any atom is -0.308 e. The number of rotatable bonds is 3. The number of nitrogens with one attached hydrogen (secondary N) is 1. The van der Waals surface area contributed by atoms with Crippen molar-refractivity contribution in [1.82, 2.24) is 9.29 Å². The van der Waals surface area contributed by atoms with Crippen molar-refractivity contribution in [3.63, 3.8) is 0 Å². The number of sulfonamides is 1. The number of anilines is 1. The Labute approximate surface area is 120 Å². The Balaban J connectivity index is 2.15. The van der Waals surface area contributed by atoms with Gasteiger partial charge in [-0.1, -0.05) is 0 Å². The van der Waals surface area contributed by atoms with Gasteiger partial charge in [0.2, 0.25) is 10.0 Å². The number of nitrogens with two attached hydrogens (primary N) is 1. The Morgan fingerprint density at radius 2 is 1.95 bits per heavy atom. The minimum absolute atomic E-state index is 0.0455. The van der Waals surface area contributed by atoms with Crippen molar-refractivity contribution >= 4 is 15.8 Å². The van der Waals surface area contributed by atoms with Crippen LogP contribution in [0.15, 0.2) is 23.2 Å². The molecular formula is C11H15F3N4O2S. The van der Waals surface area contributed by atoms with E-state index in [1.807, 2.05) is 0 Å². The SMILES string of the molecule is NNc1cc(S(=O)(=O)N2CCC(C(F)(F)F)CC2)ccn1. The summed E-state index contributed by atoms with van der Waals surface area (Å²) in [6.45, 7) is -0.305. The van der Waals surface area contributed by atoms with Crippen LogP contribution in [0.4, 0.5) is 19.0 Å². The lowest BCUT2D eigenvalue weighted by Gasteiger charge is -2.32. The lowest BCUT2D eigenvalue weighted by molar-refractivity contribution is -0.182. The average Bonchev–Trinajstić information content (AvgIpc) is 2.46. The van der Waals surface area contributed by atoms with Gasteiger partial charge in [0, 0.05) is 25.4 Å². The molecule has 1 aromatic rings. The van der Waals surface area contributed by atoms with Crippen LogP contribution in [0.2, 0.25) is 0 Å². The molecule has 6 nitrogen and oxygen atoms in total. The molecule has 1 aromatic heterocycles. The molecule has 1 saturated heterocycles. The van der Waals surface area contributed by atoms with Crippen LogP contribution in [-0.4, -0.2) is 37.0 Å². The van der Waals surface area contributed by atoms with Crippen LogP contribution in [0.3, 0.4) is 0 Å². The second-order valence-electron chi connectivity index (χ2n) is 4.74. The molecule has 2 rings (SSSR count). The third-order valence-electron chi connectivity index (χ3n) is 3.43. The van der Waals surface area contributed by atoms with Crippen LogP contribution in [0, 0.1) is 5.92 Å². The van der Waals surface area contributed by atoms with Gasteiger partial charge in [-0.2, -0.15) is 17.5 Å². The highest BCUT2D eigenvalue weighted by molar-refractivity contribution is 7.89. The molecule has 10 heteroatoms. The highest BCUT2D eigenvalue weighted by atomic mass is 32.2. The first kappa shape index (κ1) is 16.0. The largest absolute Gasteiger partial charge is 0.391 e. The van der Waals surface area contributed by atoms with Crippen molar-refractivity contribution in [2.75, 3.05) is 18.5 Å². The zero-order valence-corrected chi connectivity index (χ0v) is 11.8. The average molecular weight is 324 g/mol. The summed E-state index contributed by atoms with van der Waals surface area (Å²) in [5.41, 5.74) is 2.23. The molecule has 0 spiro atoms. The molecule has 0 atom stereocenters. The first-order chi connectivity index (χ1) is 9.75. The fraction of sp³-hybridized carbons (Fsp3) is 0.545. The molecule has 0 unspecified atom stereocenters. The fourth-order valence-electron chi connectivity index (χ4n) is 2.22. The molecule has 0 amide bonds. The molecule has 0 saturated carbocycles. The highest BCUT2D eigenvalue weighted by Gasteiger charge is 2.43. The van der Waals surface area contributed by atoms with Gasteiger partial charge in [0.15, 0.2) is 0 Å².